The molecular formula is C17H18N2Sn. The van der Waals surface area contributed by atoms with Crippen LogP contribution in [0.1, 0.15) is 0 Å². The van der Waals surface area contributed by atoms with Gasteiger partial charge in [-0.1, -0.05) is 0 Å². The van der Waals surface area contributed by atoms with Gasteiger partial charge >= 0.3 is 124 Å². The standard InChI is InChI=1S/C14H9N2.3CH3.Sn/c1-2-4-14-13(3-1)12(7-10-16-14)11-5-8-15-9-6-11;;;;/h2-10H;3*1H3;. The second kappa shape index (κ2) is 5.17. The predicted octanol–water partition coefficient (Wildman–Crippen LogP) is 3.84. The molecule has 0 radical (unpaired) electrons. The second-order valence-electron chi connectivity index (χ2n) is 6.08. The summed E-state index contributed by atoms with van der Waals surface area (Å²) in [4.78, 5) is 15.9. The molecule has 1 aromatic carbocycles. The fraction of sp³-hybridized carbons (Fsp3) is 0.176. The van der Waals surface area contributed by atoms with Gasteiger partial charge in [0.05, 0.1) is 0 Å². The van der Waals surface area contributed by atoms with Crippen LogP contribution in [0.4, 0.5) is 0 Å². The Morgan fingerprint density at radius 2 is 1.60 bits per heavy atom. The van der Waals surface area contributed by atoms with E-state index in [1.54, 1.807) is 0 Å². The van der Waals surface area contributed by atoms with E-state index in [4.69, 9.17) is 0 Å². The van der Waals surface area contributed by atoms with Gasteiger partial charge in [0.15, 0.2) is 0 Å². The Balaban J connectivity index is 2.28. The van der Waals surface area contributed by atoms with E-state index >= 15 is 0 Å². The van der Waals surface area contributed by atoms with Crippen molar-refractivity contribution in [3.8, 4) is 11.1 Å². The van der Waals surface area contributed by atoms with E-state index in [2.05, 4.69) is 61.2 Å². The SMILES string of the molecule is [CH3][Sn]([CH3])([CH3])[c]1ccc2nccc(-c3ccncc3)c2c1. The average molecular weight is 369 g/mol. The Morgan fingerprint density at radius 3 is 2.30 bits per heavy atom. The Kier molecular flexibility index (Phi) is 3.50. The number of hydrogen-bond acceptors (Lipinski definition) is 2. The van der Waals surface area contributed by atoms with Gasteiger partial charge in [0.1, 0.15) is 0 Å². The van der Waals surface area contributed by atoms with E-state index in [0.29, 0.717) is 0 Å². The van der Waals surface area contributed by atoms with E-state index in [-0.39, 0.29) is 0 Å². The zero-order chi connectivity index (χ0) is 14.2. The van der Waals surface area contributed by atoms with Gasteiger partial charge in [-0.15, -0.1) is 0 Å². The van der Waals surface area contributed by atoms with Gasteiger partial charge in [-0.25, -0.2) is 0 Å². The molecule has 2 aromatic heterocycles. The molecule has 0 amide bonds. The topological polar surface area (TPSA) is 25.8 Å². The molecule has 2 heterocycles. The van der Waals surface area contributed by atoms with Crippen LogP contribution < -0.4 is 3.58 Å². The summed E-state index contributed by atoms with van der Waals surface area (Å²) in [7, 11) is 0. The molecule has 0 saturated heterocycles. The molecule has 0 fully saturated rings. The molecule has 0 unspecified atom stereocenters. The van der Waals surface area contributed by atoms with Crippen LogP contribution in [0.3, 0.4) is 0 Å². The van der Waals surface area contributed by atoms with Crippen molar-refractivity contribution in [2.24, 2.45) is 0 Å². The minimum atomic E-state index is -2.06. The van der Waals surface area contributed by atoms with Gasteiger partial charge in [-0.3, -0.25) is 0 Å². The molecule has 0 bridgehead atoms. The fourth-order valence-corrected chi connectivity index (χ4v) is 5.71. The Labute approximate surface area is 123 Å². The number of hydrogen-bond donors (Lipinski definition) is 0. The van der Waals surface area contributed by atoms with Gasteiger partial charge in [0, 0.05) is 0 Å². The van der Waals surface area contributed by atoms with Crippen LogP contribution in [0.25, 0.3) is 22.0 Å². The molecule has 100 valence electrons. The Bertz CT molecular complexity index is 746. The summed E-state index contributed by atoms with van der Waals surface area (Å²) in [6.07, 6.45) is 5.57. The van der Waals surface area contributed by atoms with E-state index in [0.717, 1.165) is 5.52 Å². The van der Waals surface area contributed by atoms with Gasteiger partial charge in [0.2, 0.25) is 0 Å². The van der Waals surface area contributed by atoms with E-state index in [1.165, 1.54) is 20.1 Å². The summed E-state index contributed by atoms with van der Waals surface area (Å²) in [5.74, 6) is 0. The summed E-state index contributed by atoms with van der Waals surface area (Å²) in [6.45, 7) is 0. The first-order valence-corrected chi connectivity index (χ1v) is 16.8. The van der Waals surface area contributed by atoms with E-state index in [9.17, 15) is 0 Å². The molecule has 0 aliphatic heterocycles. The number of rotatable bonds is 2. The summed E-state index contributed by atoms with van der Waals surface area (Å²) >= 11 is -2.06. The maximum absolute atomic E-state index is 4.50. The van der Waals surface area contributed by atoms with Crippen LogP contribution in [-0.4, -0.2) is 28.3 Å². The van der Waals surface area contributed by atoms with E-state index in [1.807, 2.05) is 18.6 Å². The normalized spacial score (nSPS) is 11.8. The fourth-order valence-electron chi connectivity index (χ4n) is 2.40. The van der Waals surface area contributed by atoms with Gasteiger partial charge in [0.25, 0.3) is 0 Å². The van der Waals surface area contributed by atoms with Crippen molar-refractivity contribution in [3.05, 3.63) is 55.0 Å². The van der Waals surface area contributed by atoms with Crippen LogP contribution in [0.2, 0.25) is 14.8 Å². The summed E-state index contributed by atoms with van der Waals surface area (Å²) in [5, 5.41) is 1.25. The van der Waals surface area contributed by atoms with Crippen molar-refractivity contribution in [2.45, 2.75) is 14.8 Å². The third-order valence-corrected chi connectivity index (χ3v) is 9.43. The molecule has 0 saturated carbocycles. The average Bonchev–Trinajstić information content (AvgIpc) is 2.46. The van der Waals surface area contributed by atoms with Crippen LogP contribution in [0.5, 0.6) is 0 Å². The third kappa shape index (κ3) is 2.57. The van der Waals surface area contributed by atoms with Crippen molar-refractivity contribution in [1.29, 1.82) is 0 Å². The summed E-state index contributed by atoms with van der Waals surface area (Å²) in [6, 6.07) is 13.0. The Hall–Kier alpha value is -1.42. The van der Waals surface area contributed by atoms with Crippen molar-refractivity contribution >= 4 is 32.9 Å². The number of aromatic nitrogens is 2. The number of fused-ring (bicyclic) bond motifs is 1. The molecule has 3 aromatic rings. The first-order valence-electron chi connectivity index (χ1n) is 6.85. The van der Waals surface area contributed by atoms with Gasteiger partial charge in [-0.2, -0.15) is 0 Å². The first kappa shape index (κ1) is 13.6. The summed E-state index contributed by atoms with van der Waals surface area (Å²) in [5.41, 5.74) is 3.52. The molecule has 0 aliphatic carbocycles. The van der Waals surface area contributed by atoms with Crippen molar-refractivity contribution in [2.75, 3.05) is 0 Å². The van der Waals surface area contributed by atoms with Crippen molar-refractivity contribution in [1.82, 2.24) is 9.97 Å². The molecule has 0 atom stereocenters. The maximum atomic E-state index is 4.50. The molecule has 3 rings (SSSR count). The molecule has 0 spiro atoms. The second-order valence-corrected chi connectivity index (χ2v) is 20.6. The monoisotopic (exact) mass is 370 g/mol. The minimum absolute atomic E-state index is 1.07. The molecule has 20 heavy (non-hydrogen) atoms. The van der Waals surface area contributed by atoms with Crippen molar-refractivity contribution < 1.29 is 0 Å². The van der Waals surface area contributed by atoms with Gasteiger partial charge in [-0.05, 0) is 0 Å². The first-order chi connectivity index (χ1) is 9.55. The quantitative estimate of drug-likeness (QED) is 0.642. The van der Waals surface area contributed by atoms with Crippen LogP contribution in [0, 0.1) is 0 Å². The number of benzene rings is 1. The van der Waals surface area contributed by atoms with Crippen molar-refractivity contribution in [3.63, 3.8) is 0 Å². The van der Waals surface area contributed by atoms with Crippen LogP contribution in [-0.2, 0) is 0 Å². The van der Waals surface area contributed by atoms with Gasteiger partial charge < -0.3 is 0 Å². The van der Waals surface area contributed by atoms with Crippen LogP contribution in [0.15, 0.2) is 55.0 Å². The predicted molar refractivity (Wildman–Crippen MR) is 88.0 cm³/mol. The molecule has 3 heteroatoms. The number of pyridine rings is 2. The molecular weight excluding hydrogens is 351 g/mol. The molecule has 0 aliphatic rings. The number of nitrogens with zero attached hydrogens (tertiary/aromatic N) is 2. The van der Waals surface area contributed by atoms with Crippen LogP contribution >= 0.6 is 0 Å². The zero-order valence-corrected chi connectivity index (χ0v) is 14.9. The molecule has 2 nitrogen and oxygen atoms in total. The summed E-state index contributed by atoms with van der Waals surface area (Å²) < 4.78 is 1.54. The third-order valence-electron chi connectivity index (χ3n) is 3.60. The zero-order valence-electron chi connectivity index (χ0n) is 12.1. The Morgan fingerprint density at radius 1 is 0.850 bits per heavy atom. The molecule has 0 N–H and O–H groups in total. The van der Waals surface area contributed by atoms with E-state index < -0.39 is 18.4 Å².